The molecule has 0 amide bonds. The highest BCUT2D eigenvalue weighted by Crippen LogP contribution is 2.31. The molecule has 0 fully saturated rings. The van der Waals surface area contributed by atoms with Crippen LogP contribution in [0.1, 0.15) is 25.0 Å². The summed E-state index contributed by atoms with van der Waals surface area (Å²) < 4.78 is 23.5. The Morgan fingerprint density at radius 3 is 2.41 bits per heavy atom. The molecule has 1 aromatic carbocycles. The SMILES string of the molecule is C=C(C)c1c(/C(S)=C/C)cccc1S(C)(=O)=O. The minimum Gasteiger partial charge on any atom is -0.224 e. The summed E-state index contributed by atoms with van der Waals surface area (Å²) in [5, 5.41) is 0. The van der Waals surface area contributed by atoms with Crippen molar-refractivity contribution in [2.45, 2.75) is 18.7 Å². The lowest BCUT2D eigenvalue weighted by Gasteiger charge is -2.13. The average Bonchev–Trinajstić information content (AvgIpc) is 2.25. The zero-order valence-electron chi connectivity index (χ0n) is 10.2. The first-order valence-corrected chi connectivity index (χ1v) is 7.47. The second-order valence-corrected chi connectivity index (χ2v) is 6.37. The summed E-state index contributed by atoms with van der Waals surface area (Å²) >= 11 is 4.35. The molecule has 0 bridgehead atoms. The summed E-state index contributed by atoms with van der Waals surface area (Å²) in [6, 6.07) is 5.17. The van der Waals surface area contributed by atoms with E-state index in [0.29, 0.717) is 10.5 Å². The average molecular weight is 268 g/mol. The standard InChI is InChI=1S/C13H16O2S2/c1-5-11(16)10-7-6-8-12(17(4,14)15)13(10)9(2)3/h5-8,16H,2H2,1,3-4H3/b11-5-. The molecular formula is C13H16O2S2. The number of hydrogen-bond donors (Lipinski definition) is 1. The van der Waals surface area contributed by atoms with Crippen LogP contribution >= 0.6 is 12.6 Å². The Balaban J connectivity index is 3.73. The van der Waals surface area contributed by atoms with E-state index in [4.69, 9.17) is 0 Å². The van der Waals surface area contributed by atoms with Crippen LogP contribution in [0.2, 0.25) is 0 Å². The van der Waals surface area contributed by atoms with E-state index in [1.54, 1.807) is 19.1 Å². The molecule has 0 aromatic heterocycles. The van der Waals surface area contributed by atoms with Crippen molar-refractivity contribution >= 4 is 32.9 Å². The first-order valence-electron chi connectivity index (χ1n) is 5.13. The minimum atomic E-state index is -3.26. The smallest absolute Gasteiger partial charge is 0.176 e. The fourth-order valence-electron chi connectivity index (χ4n) is 1.65. The van der Waals surface area contributed by atoms with E-state index in [0.717, 1.165) is 16.0 Å². The third-order valence-corrected chi connectivity index (χ3v) is 4.04. The maximum absolute atomic E-state index is 11.7. The predicted molar refractivity (Wildman–Crippen MR) is 76.9 cm³/mol. The molecule has 2 nitrogen and oxygen atoms in total. The second kappa shape index (κ2) is 5.10. The molecule has 1 aromatic rings. The highest BCUT2D eigenvalue weighted by Gasteiger charge is 2.17. The van der Waals surface area contributed by atoms with Gasteiger partial charge >= 0.3 is 0 Å². The quantitative estimate of drug-likeness (QED) is 0.852. The summed E-state index contributed by atoms with van der Waals surface area (Å²) in [5.74, 6) is 0. The van der Waals surface area contributed by atoms with Gasteiger partial charge in [0.2, 0.25) is 0 Å². The molecule has 0 aliphatic carbocycles. The predicted octanol–water partition coefficient (Wildman–Crippen LogP) is 3.41. The highest BCUT2D eigenvalue weighted by atomic mass is 32.2. The summed E-state index contributed by atoms with van der Waals surface area (Å²) in [5.41, 5.74) is 2.17. The van der Waals surface area contributed by atoms with Gasteiger partial charge in [-0.3, -0.25) is 0 Å². The van der Waals surface area contributed by atoms with Crippen LogP contribution in [0, 0.1) is 0 Å². The van der Waals surface area contributed by atoms with E-state index in [2.05, 4.69) is 19.2 Å². The zero-order chi connectivity index (χ0) is 13.2. The number of thiol groups is 1. The molecule has 0 aliphatic rings. The molecule has 0 saturated carbocycles. The van der Waals surface area contributed by atoms with Crippen molar-refractivity contribution in [2.24, 2.45) is 0 Å². The molecule has 0 heterocycles. The van der Waals surface area contributed by atoms with Gasteiger partial charge in [-0.2, -0.15) is 0 Å². The molecule has 0 saturated heterocycles. The third-order valence-electron chi connectivity index (χ3n) is 2.40. The van der Waals surface area contributed by atoms with Crippen molar-refractivity contribution in [1.29, 1.82) is 0 Å². The molecule has 1 rings (SSSR count). The van der Waals surface area contributed by atoms with Gasteiger partial charge in [-0.05, 0) is 31.1 Å². The Kier molecular flexibility index (Phi) is 4.22. The van der Waals surface area contributed by atoms with Crippen LogP contribution in [-0.2, 0) is 9.84 Å². The number of sulfone groups is 1. The fraction of sp³-hybridized carbons (Fsp3) is 0.231. The zero-order valence-corrected chi connectivity index (χ0v) is 11.9. The molecule has 0 radical (unpaired) electrons. The van der Waals surface area contributed by atoms with Gasteiger partial charge in [0.25, 0.3) is 0 Å². The first kappa shape index (κ1) is 14.1. The summed E-state index contributed by atoms with van der Waals surface area (Å²) in [6.45, 7) is 7.51. The van der Waals surface area contributed by atoms with Crippen molar-refractivity contribution in [3.8, 4) is 0 Å². The Bertz CT molecular complexity index is 581. The van der Waals surface area contributed by atoms with Gasteiger partial charge < -0.3 is 0 Å². The highest BCUT2D eigenvalue weighted by molar-refractivity contribution is 7.91. The second-order valence-electron chi connectivity index (χ2n) is 3.91. The van der Waals surface area contributed by atoms with Crippen LogP contribution in [0.3, 0.4) is 0 Å². The van der Waals surface area contributed by atoms with Crippen molar-refractivity contribution in [2.75, 3.05) is 6.26 Å². The Hall–Kier alpha value is -1.00. The number of hydrogen-bond acceptors (Lipinski definition) is 3. The lowest BCUT2D eigenvalue weighted by molar-refractivity contribution is 0.601. The van der Waals surface area contributed by atoms with E-state index in [9.17, 15) is 8.42 Å². The van der Waals surface area contributed by atoms with Crippen molar-refractivity contribution in [3.63, 3.8) is 0 Å². The molecular weight excluding hydrogens is 252 g/mol. The van der Waals surface area contributed by atoms with Gasteiger partial charge in [-0.15, -0.1) is 12.6 Å². The monoisotopic (exact) mass is 268 g/mol. The fourth-order valence-corrected chi connectivity index (χ4v) is 2.82. The number of allylic oxidation sites excluding steroid dienone is 2. The van der Waals surface area contributed by atoms with Gasteiger partial charge in [0.1, 0.15) is 0 Å². The van der Waals surface area contributed by atoms with E-state index in [1.165, 1.54) is 6.26 Å². The van der Waals surface area contributed by atoms with E-state index >= 15 is 0 Å². The Morgan fingerprint density at radius 1 is 1.41 bits per heavy atom. The summed E-state index contributed by atoms with van der Waals surface area (Å²) in [6.07, 6.45) is 3.03. The molecule has 0 aliphatic heterocycles. The van der Waals surface area contributed by atoms with Crippen molar-refractivity contribution in [1.82, 2.24) is 0 Å². The van der Waals surface area contributed by atoms with Crippen LogP contribution in [0.25, 0.3) is 10.5 Å². The lowest BCUT2D eigenvalue weighted by Crippen LogP contribution is -2.03. The molecule has 0 unspecified atom stereocenters. The Labute approximate surface area is 108 Å². The van der Waals surface area contributed by atoms with E-state index in [1.807, 2.05) is 19.1 Å². The molecule has 17 heavy (non-hydrogen) atoms. The van der Waals surface area contributed by atoms with Crippen molar-refractivity contribution in [3.05, 3.63) is 42.0 Å². The van der Waals surface area contributed by atoms with E-state index < -0.39 is 9.84 Å². The van der Waals surface area contributed by atoms with Crippen molar-refractivity contribution < 1.29 is 8.42 Å². The molecule has 0 spiro atoms. The largest absolute Gasteiger partial charge is 0.224 e. The summed E-state index contributed by atoms with van der Waals surface area (Å²) in [7, 11) is -3.26. The number of rotatable bonds is 3. The molecule has 92 valence electrons. The molecule has 4 heteroatoms. The molecule has 0 atom stereocenters. The van der Waals surface area contributed by atoms with Gasteiger partial charge in [0.05, 0.1) is 4.90 Å². The van der Waals surface area contributed by atoms with Crippen LogP contribution in [0.5, 0.6) is 0 Å². The van der Waals surface area contributed by atoms with Gasteiger partial charge in [0, 0.05) is 16.7 Å². The third kappa shape index (κ3) is 3.01. The normalized spacial score (nSPS) is 12.6. The van der Waals surface area contributed by atoms with Crippen LogP contribution in [0.4, 0.5) is 0 Å². The summed E-state index contributed by atoms with van der Waals surface area (Å²) in [4.78, 5) is 1.05. The van der Waals surface area contributed by atoms with Gasteiger partial charge in [-0.1, -0.05) is 24.8 Å². The topological polar surface area (TPSA) is 34.1 Å². The molecule has 0 N–H and O–H groups in total. The van der Waals surface area contributed by atoms with Crippen LogP contribution in [0.15, 0.2) is 35.7 Å². The lowest BCUT2D eigenvalue weighted by atomic mass is 10.0. The maximum Gasteiger partial charge on any atom is 0.176 e. The Morgan fingerprint density at radius 2 is 2.00 bits per heavy atom. The number of benzene rings is 1. The first-order chi connectivity index (χ1) is 7.79. The maximum atomic E-state index is 11.7. The van der Waals surface area contributed by atoms with E-state index in [-0.39, 0.29) is 0 Å². The van der Waals surface area contributed by atoms with Crippen LogP contribution in [-0.4, -0.2) is 14.7 Å². The van der Waals surface area contributed by atoms with Gasteiger partial charge in [0.15, 0.2) is 9.84 Å². The van der Waals surface area contributed by atoms with Gasteiger partial charge in [-0.25, -0.2) is 8.42 Å². The minimum absolute atomic E-state index is 0.302. The van der Waals surface area contributed by atoms with Crippen LogP contribution < -0.4 is 0 Å².